The maximum Gasteiger partial charge on any atom is 0.311 e. The minimum atomic E-state index is -0.407. The fraction of sp³-hybridized carbons (Fsp3) is 0.500. The van der Waals surface area contributed by atoms with Gasteiger partial charge in [0.05, 0.1) is 5.41 Å². The van der Waals surface area contributed by atoms with Crippen LogP contribution in [0.5, 0.6) is 0 Å². The van der Waals surface area contributed by atoms with Crippen LogP contribution in [0.4, 0.5) is 0 Å². The molecule has 72 valence electrons. The van der Waals surface area contributed by atoms with Gasteiger partial charge in [-0.1, -0.05) is 0 Å². The topological polar surface area (TPSA) is 26.3 Å². The van der Waals surface area contributed by atoms with Crippen molar-refractivity contribution < 1.29 is 9.53 Å². The summed E-state index contributed by atoms with van der Waals surface area (Å²) < 4.78 is 5.12. The first-order chi connectivity index (χ1) is 6.00. The van der Waals surface area contributed by atoms with Gasteiger partial charge >= 0.3 is 5.97 Å². The SMILES string of the molecule is CC(C)(C)C(=O)OCc1ccsc1. The average Bonchev–Trinajstić information content (AvgIpc) is 2.50. The molecule has 0 aliphatic carbocycles. The van der Waals surface area contributed by atoms with Crippen molar-refractivity contribution in [1.82, 2.24) is 0 Å². The average molecular weight is 198 g/mol. The molecule has 1 aromatic rings. The quantitative estimate of drug-likeness (QED) is 0.683. The molecule has 0 unspecified atom stereocenters. The van der Waals surface area contributed by atoms with E-state index in [0.29, 0.717) is 6.61 Å². The predicted molar refractivity (Wildman–Crippen MR) is 53.6 cm³/mol. The molecule has 0 bridgehead atoms. The highest BCUT2D eigenvalue weighted by Crippen LogP contribution is 2.17. The lowest BCUT2D eigenvalue weighted by molar-refractivity contribution is -0.154. The van der Waals surface area contributed by atoms with E-state index in [1.165, 1.54) is 0 Å². The van der Waals surface area contributed by atoms with E-state index in [0.717, 1.165) is 5.56 Å². The van der Waals surface area contributed by atoms with Gasteiger partial charge in [-0.3, -0.25) is 4.79 Å². The Labute approximate surface area is 82.5 Å². The molecule has 0 saturated heterocycles. The van der Waals surface area contributed by atoms with Gasteiger partial charge in [-0.2, -0.15) is 11.3 Å². The number of carbonyl (C=O) groups excluding carboxylic acids is 1. The Bertz CT molecular complexity index is 270. The molecule has 0 aliphatic rings. The fourth-order valence-electron chi connectivity index (χ4n) is 0.740. The molecular weight excluding hydrogens is 184 g/mol. The van der Waals surface area contributed by atoms with Crippen molar-refractivity contribution in [3.05, 3.63) is 22.4 Å². The Kier molecular flexibility index (Phi) is 3.09. The van der Waals surface area contributed by atoms with Crippen LogP contribution in [0.1, 0.15) is 26.3 Å². The molecule has 1 heterocycles. The first-order valence-corrected chi connectivity index (χ1v) is 5.13. The first-order valence-electron chi connectivity index (χ1n) is 4.18. The van der Waals surface area contributed by atoms with Crippen LogP contribution >= 0.6 is 11.3 Å². The molecule has 0 N–H and O–H groups in total. The summed E-state index contributed by atoms with van der Waals surface area (Å²) in [6.07, 6.45) is 0. The highest BCUT2D eigenvalue weighted by atomic mass is 32.1. The molecule has 0 atom stereocenters. The van der Waals surface area contributed by atoms with Crippen LogP contribution < -0.4 is 0 Å². The smallest absolute Gasteiger partial charge is 0.311 e. The van der Waals surface area contributed by atoms with Gasteiger partial charge in [0, 0.05) is 5.56 Å². The lowest BCUT2D eigenvalue weighted by atomic mass is 9.97. The minimum Gasteiger partial charge on any atom is -0.460 e. The van der Waals surface area contributed by atoms with E-state index >= 15 is 0 Å². The standard InChI is InChI=1S/C10H14O2S/c1-10(2,3)9(11)12-6-8-4-5-13-7-8/h4-5,7H,6H2,1-3H3. The monoisotopic (exact) mass is 198 g/mol. The van der Waals surface area contributed by atoms with Gasteiger partial charge < -0.3 is 4.74 Å². The molecule has 0 saturated carbocycles. The van der Waals surface area contributed by atoms with E-state index in [9.17, 15) is 4.79 Å². The largest absolute Gasteiger partial charge is 0.460 e. The van der Waals surface area contributed by atoms with Crippen LogP contribution in [0.25, 0.3) is 0 Å². The van der Waals surface area contributed by atoms with Gasteiger partial charge in [-0.15, -0.1) is 0 Å². The third-order valence-corrected chi connectivity index (χ3v) is 2.29. The number of esters is 1. The van der Waals surface area contributed by atoms with Crippen molar-refractivity contribution in [1.29, 1.82) is 0 Å². The Balaban J connectivity index is 2.40. The lowest BCUT2D eigenvalue weighted by Gasteiger charge is -2.15. The zero-order chi connectivity index (χ0) is 9.90. The van der Waals surface area contributed by atoms with E-state index in [4.69, 9.17) is 4.74 Å². The lowest BCUT2D eigenvalue weighted by Crippen LogP contribution is -2.22. The van der Waals surface area contributed by atoms with Crippen LogP contribution in [0.15, 0.2) is 16.8 Å². The molecule has 0 spiro atoms. The molecule has 0 aliphatic heterocycles. The Morgan fingerprint density at radius 1 is 1.54 bits per heavy atom. The second kappa shape index (κ2) is 3.92. The number of hydrogen-bond acceptors (Lipinski definition) is 3. The van der Waals surface area contributed by atoms with Gasteiger partial charge in [-0.25, -0.2) is 0 Å². The number of ether oxygens (including phenoxy) is 1. The van der Waals surface area contributed by atoms with Crippen LogP contribution in [0.2, 0.25) is 0 Å². The first kappa shape index (κ1) is 10.3. The summed E-state index contributed by atoms with van der Waals surface area (Å²) in [6, 6.07) is 1.96. The van der Waals surface area contributed by atoms with Crippen LogP contribution in [0, 0.1) is 5.41 Å². The van der Waals surface area contributed by atoms with Crippen molar-refractivity contribution in [3.63, 3.8) is 0 Å². The molecule has 0 amide bonds. The Morgan fingerprint density at radius 2 is 2.23 bits per heavy atom. The number of rotatable bonds is 2. The molecule has 2 nitrogen and oxygen atoms in total. The van der Waals surface area contributed by atoms with Gasteiger partial charge in [0.15, 0.2) is 0 Å². The summed E-state index contributed by atoms with van der Waals surface area (Å²) in [5.41, 5.74) is 0.651. The predicted octanol–water partition coefficient (Wildman–Crippen LogP) is 2.84. The van der Waals surface area contributed by atoms with Crippen molar-refractivity contribution in [2.75, 3.05) is 0 Å². The molecule has 1 aromatic heterocycles. The molecule has 0 radical (unpaired) electrons. The number of hydrogen-bond donors (Lipinski definition) is 0. The minimum absolute atomic E-state index is 0.154. The third kappa shape index (κ3) is 3.19. The van der Waals surface area contributed by atoms with Gasteiger partial charge in [-0.05, 0) is 37.6 Å². The summed E-state index contributed by atoms with van der Waals surface area (Å²) >= 11 is 1.61. The highest BCUT2D eigenvalue weighted by molar-refractivity contribution is 7.07. The van der Waals surface area contributed by atoms with E-state index in [1.54, 1.807) is 11.3 Å². The zero-order valence-corrected chi connectivity index (χ0v) is 8.98. The van der Waals surface area contributed by atoms with E-state index in [-0.39, 0.29) is 5.97 Å². The van der Waals surface area contributed by atoms with Crippen LogP contribution in [0.3, 0.4) is 0 Å². The van der Waals surface area contributed by atoms with Gasteiger partial charge in [0.1, 0.15) is 6.61 Å². The summed E-state index contributed by atoms with van der Waals surface area (Å²) in [7, 11) is 0. The maximum absolute atomic E-state index is 11.3. The van der Waals surface area contributed by atoms with E-state index < -0.39 is 5.41 Å². The molecule has 13 heavy (non-hydrogen) atoms. The Morgan fingerprint density at radius 3 is 2.69 bits per heavy atom. The van der Waals surface area contributed by atoms with Crippen LogP contribution in [-0.2, 0) is 16.1 Å². The fourth-order valence-corrected chi connectivity index (χ4v) is 1.39. The molecule has 3 heteroatoms. The summed E-state index contributed by atoms with van der Waals surface area (Å²) in [6.45, 7) is 5.94. The normalized spacial score (nSPS) is 11.3. The maximum atomic E-state index is 11.3. The van der Waals surface area contributed by atoms with E-state index in [1.807, 2.05) is 37.6 Å². The zero-order valence-electron chi connectivity index (χ0n) is 8.16. The van der Waals surface area contributed by atoms with Gasteiger partial charge in [0.25, 0.3) is 0 Å². The number of thiophene rings is 1. The summed E-state index contributed by atoms with van der Waals surface area (Å²) in [4.78, 5) is 11.3. The van der Waals surface area contributed by atoms with Crippen molar-refractivity contribution in [3.8, 4) is 0 Å². The molecule has 0 fully saturated rings. The number of carbonyl (C=O) groups is 1. The second-order valence-corrected chi connectivity index (χ2v) is 4.74. The highest BCUT2D eigenvalue weighted by Gasteiger charge is 2.22. The summed E-state index contributed by atoms with van der Waals surface area (Å²) in [5.74, 6) is -0.154. The van der Waals surface area contributed by atoms with Crippen LogP contribution in [-0.4, -0.2) is 5.97 Å². The van der Waals surface area contributed by atoms with E-state index in [2.05, 4.69) is 0 Å². The van der Waals surface area contributed by atoms with Crippen molar-refractivity contribution in [2.45, 2.75) is 27.4 Å². The third-order valence-electron chi connectivity index (χ3n) is 1.56. The molecule has 0 aromatic carbocycles. The van der Waals surface area contributed by atoms with Gasteiger partial charge in [0.2, 0.25) is 0 Å². The Hall–Kier alpha value is -0.830. The van der Waals surface area contributed by atoms with Crippen molar-refractivity contribution in [2.24, 2.45) is 5.41 Å². The summed E-state index contributed by atoms with van der Waals surface area (Å²) in [5, 5.41) is 3.95. The molecular formula is C10H14O2S. The molecule has 1 rings (SSSR count). The van der Waals surface area contributed by atoms with Crippen molar-refractivity contribution >= 4 is 17.3 Å². The second-order valence-electron chi connectivity index (χ2n) is 3.96.